The highest BCUT2D eigenvalue weighted by Crippen LogP contribution is 2.19. The number of hydrogen-bond donors (Lipinski definition) is 2. The zero-order chi connectivity index (χ0) is 16.6. The fourth-order valence-corrected chi connectivity index (χ4v) is 1.89. The van der Waals surface area contributed by atoms with E-state index < -0.39 is 0 Å². The van der Waals surface area contributed by atoms with Gasteiger partial charge in [0.15, 0.2) is 5.96 Å². The third-order valence-corrected chi connectivity index (χ3v) is 4.48. The summed E-state index contributed by atoms with van der Waals surface area (Å²) in [5.74, 6) is 1.79. The van der Waals surface area contributed by atoms with Crippen LogP contribution >= 0.6 is 11.8 Å². The summed E-state index contributed by atoms with van der Waals surface area (Å²) in [6.45, 7) is 8.78. The van der Waals surface area contributed by atoms with E-state index in [4.69, 9.17) is 0 Å². The summed E-state index contributed by atoms with van der Waals surface area (Å²) in [5.41, 5.74) is 0.965. The number of aromatic nitrogens is 1. The van der Waals surface area contributed by atoms with Gasteiger partial charge in [-0.05, 0) is 39.2 Å². The van der Waals surface area contributed by atoms with Crippen LogP contribution in [0.3, 0.4) is 0 Å². The molecule has 0 unspecified atom stereocenters. The number of anilines is 1. The van der Waals surface area contributed by atoms with E-state index in [0.717, 1.165) is 30.6 Å². The fraction of sp³-hybridized carbons (Fsp3) is 0.625. The summed E-state index contributed by atoms with van der Waals surface area (Å²) in [6.07, 6.45) is 2.13. The third kappa shape index (κ3) is 6.56. The van der Waals surface area contributed by atoms with Crippen molar-refractivity contribution in [1.29, 1.82) is 0 Å². The number of pyridine rings is 1. The molecule has 1 heterocycles. The Morgan fingerprint density at radius 2 is 2.05 bits per heavy atom. The van der Waals surface area contributed by atoms with Crippen molar-refractivity contribution in [3.05, 3.63) is 23.9 Å². The standard InChI is InChI=1S/C16H29N5S/c1-7-17-15(19-12-16(2,3)22-6)18-11-13-9-8-10-14(20-13)21(4)5/h8-10H,7,11-12H2,1-6H3,(H2,17,18,19). The number of hydrogen-bond acceptors (Lipinski definition) is 4. The van der Waals surface area contributed by atoms with Crippen LogP contribution in [0.4, 0.5) is 5.82 Å². The van der Waals surface area contributed by atoms with Gasteiger partial charge in [0.2, 0.25) is 0 Å². The van der Waals surface area contributed by atoms with Gasteiger partial charge in [0.25, 0.3) is 0 Å². The average Bonchev–Trinajstić information content (AvgIpc) is 2.50. The number of guanidine groups is 1. The molecule has 0 amide bonds. The molecule has 0 aliphatic heterocycles. The van der Waals surface area contributed by atoms with Crippen LogP contribution in [0.1, 0.15) is 26.5 Å². The maximum Gasteiger partial charge on any atom is 0.191 e. The van der Waals surface area contributed by atoms with Gasteiger partial charge < -0.3 is 15.5 Å². The minimum absolute atomic E-state index is 0.180. The second-order valence-corrected chi connectivity index (χ2v) is 7.41. The maximum absolute atomic E-state index is 4.63. The fourth-order valence-electron chi connectivity index (χ4n) is 1.67. The Morgan fingerprint density at radius 1 is 1.32 bits per heavy atom. The summed E-state index contributed by atoms with van der Waals surface area (Å²) in [5, 5.41) is 6.68. The van der Waals surface area contributed by atoms with Crippen molar-refractivity contribution in [2.24, 2.45) is 4.99 Å². The van der Waals surface area contributed by atoms with Gasteiger partial charge in [-0.25, -0.2) is 9.98 Å². The molecule has 0 aliphatic rings. The van der Waals surface area contributed by atoms with Crippen molar-refractivity contribution in [2.45, 2.75) is 32.1 Å². The van der Waals surface area contributed by atoms with E-state index in [-0.39, 0.29) is 4.75 Å². The van der Waals surface area contributed by atoms with Crippen molar-refractivity contribution in [1.82, 2.24) is 15.6 Å². The summed E-state index contributed by atoms with van der Waals surface area (Å²) >= 11 is 1.84. The quantitative estimate of drug-likeness (QED) is 0.596. The van der Waals surface area contributed by atoms with Gasteiger partial charge in [-0.2, -0.15) is 11.8 Å². The normalized spacial score (nSPS) is 12.2. The van der Waals surface area contributed by atoms with Crippen LogP contribution in [0, 0.1) is 0 Å². The van der Waals surface area contributed by atoms with Crippen LogP contribution in [0.25, 0.3) is 0 Å². The lowest BCUT2D eigenvalue weighted by atomic mass is 10.2. The molecule has 0 saturated heterocycles. The zero-order valence-corrected chi connectivity index (χ0v) is 15.4. The second-order valence-electron chi connectivity index (χ2n) is 5.89. The molecule has 22 heavy (non-hydrogen) atoms. The van der Waals surface area contributed by atoms with E-state index in [1.165, 1.54) is 0 Å². The molecule has 0 aliphatic carbocycles. The first kappa shape index (κ1) is 18.6. The molecule has 1 aromatic heterocycles. The number of nitrogens with zero attached hydrogens (tertiary/aromatic N) is 3. The second kappa shape index (κ2) is 8.88. The minimum atomic E-state index is 0.180. The molecule has 2 N–H and O–H groups in total. The Hall–Kier alpha value is -1.43. The maximum atomic E-state index is 4.63. The Morgan fingerprint density at radius 3 is 2.64 bits per heavy atom. The third-order valence-electron chi connectivity index (χ3n) is 3.23. The van der Waals surface area contributed by atoms with Gasteiger partial charge in [-0.3, -0.25) is 0 Å². The predicted molar refractivity (Wildman–Crippen MR) is 99.0 cm³/mol. The number of aliphatic imine (C=N–C) groups is 1. The van der Waals surface area contributed by atoms with Crippen LogP contribution in [0.5, 0.6) is 0 Å². The Bertz CT molecular complexity index is 485. The Balaban J connectivity index is 2.71. The minimum Gasteiger partial charge on any atom is -0.363 e. The van der Waals surface area contributed by atoms with E-state index in [0.29, 0.717) is 6.54 Å². The van der Waals surface area contributed by atoms with Crippen LogP contribution in [-0.4, -0.2) is 49.1 Å². The lowest BCUT2D eigenvalue weighted by Gasteiger charge is -2.23. The number of thioether (sulfide) groups is 1. The smallest absolute Gasteiger partial charge is 0.191 e. The van der Waals surface area contributed by atoms with Gasteiger partial charge in [0, 0.05) is 31.9 Å². The molecule has 0 bridgehead atoms. The van der Waals surface area contributed by atoms with Gasteiger partial charge in [0.1, 0.15) is 5.82 Å². The van der Waals surface area contributed by atoms with Crippen molar-refractivity contribution in [3.63, 3.8) is 0 Å². The lowest BCUT2D eigenvalue weighted by molar-refractivity contribution is 0.664. The van der Waals surface area contributed by atoms with Crippen molar-refractivity contribution < 1.29 is 0 Å². The summed E-state index contributed by atoms with van der Waals surface area (Å²) < 4.78 is 0.180. The molecule has 1 rings (SSSR count). The molecular formula is C16H29N5S. The molecule has 0 atom stereocenters. The van der Waals surface area contributed by atoms with E-state index >= 15 is 0 Å². The number of nitrogens with one attached hydrogen (secondary N) is 2. The highest BCUT2D eigenvalue weighted by Gasteiger charge is 2.16. The summed E-state index contributed by atoms with van der Waals surface area (Å²) in [4.78, 5) is 11.2. The first-order valence-corrected chi connectivity index (χ1v) is 8.81. The van der Waals surface area contributed by atoms with Crippen LogP contribution in [0.15, 0.2) is 23.2 Å². The van der Waals surface area contributed by atoms with E-state index in [2.05, 4.69) is 47.6 Å². The van der Waals surface area contributed by atoms with Crippen LogP contribution < -0.4 is 15.5 Å². The molecule has 124 valence electrons. The van der Waals surface area contributed by atoms with Crippen molar-refractivity contribution >= 4 is 23.5 Å². The highest BCUT2D eigenvalue weighted by atomic mass is 32.2. The van der Waals surface area contributed by atoms with Gasteiger partial charge in [-0.1, -0.05) is 6.07 Å². The molecular weight excluding hydrogens is 294 g/mol. The van der Waals surface area contributed by atoms with E-state index in [9.17, 15) is 0 Å². The van der Waals surface area contributed by atoms with Crippen LogP contribution in [-0.2, 0) is 6.54 Å². The van der Waals surface area contributed by atoms with Crippen LogP contribution in [0.2, 0.25) is 0 Å². The molecule has 6 heteroatoms. The molecule has 0 spiro atoms. The average molecular weight is 324 g/mol. The van der Waals surface area contributed by atoms with Crippen molar-refractivity contribution in [2.75, 3.05) is 38.3 Å². The first-order valence-electron chi connectivity index (χ1n) is 7.58. The SMILES string of the molecule is CCNC(=NCc1cccc(N(C)C)n1)NCC(C)(C)SC. The molecule has 5 nitrogen and oxygen atoms in total. The number of rotatable bonds is 7. The highest BCUT2D eigenvalue weighted by molar-refractivity contribution is 7.99. The molecule has 0 radical (unpaired) electrons. The Kier molecular flexibility index (Phi) is 7.51. The molecule has 0 aromatic carbocycles. The Labute approximate surface area is 139 Å². The monoisotopic (exact) mass is 323 g/mol. The first-order chi connectivity index (χ1) is 10.4. The lowest BCUT2D eigenvalue weighted by Crippen LogP contribution is -2.43. The van der Waals surface area contributed by atoms with E-state index in [1.54, 1.807) is 0 Å². The van der Waals surface area contributed by atoms with E-state index in [1.807, 2.05) is 49.0 Å². The largest absolute Gasteiger partial charge is 0.363 e. The van der Waals surface area contributed by atoms with Gasteiger partial charge >= 0.3 is 0 Å². The summed E-state index contributed by atoms with van der Waals surface area (Å²) in [6, 6.07) is 6.02. The molecule has 0 saturated carbocycles. The zero-order valence-electron chi connectivity index (χ0n) is 14.6. The van der Waals surface area contributed by atoms with Gasteiger partial charge in [-0.15, -0.1) is 0 Å². The molecule has 0 fully saturated rings. The van der Waals surface area contributed by atoms with Crippen molar-refractivity contribution in [3.8, 4) is 0 Å². The molecule has 1 aromatic rings. The predicted octanol–water partition coefficient (Wildman–Crippen LogP) is 2.34. The topological polar surface area (TPSA) is 52.6 Å². The van der Waals surface area contributed by atoms with Gasteiger partial charge in [0.05, 0.1) is 12.2 Å². The summed E-state index contributed by atoms with van der Waals surface area (Å²) in [7, 11) is 3.98.